The highest BCUT2D eigenvalue weighted by atomic mass is 19.4. The van der Waals surface area contributed by atoms with Crippen LogP contribution in [-0.4, -0.2) is 62.4 Å². The number of aromatic nitrogens is 3. The minimum Gasteiger partial charge on any atom is -0.475 e. The monoisotopic (exact) mass is 580 g/mol. The Morgan fingerprint density at radius 1 is 1.00 bits per heavy atom. The number of benzene rings is 1. The van der Waals surface area contributed by atoms with Gasteiger partial charge in [-0.05, 0) is 41.8 Å². The van der Waals surface area contributed by atoms with Crippen LogP contribution in [0.25, 0.3) is 0 Å². The molecule has 1 atom stereocenters. The number of carboxylic acid groups (broad SMARTS) is 2. The van der Waals surface area contributed by atoms with Crippen molar-refractivity contribution in [3.8, 4) is 0 Å². The summed E-state index contributed by atoms with van der Waals surface area (Å²) in [4.78, 5) is 22.1. The molecular weight excluding hydrogens is 557 g/mol. The van der Waals surface area contributed by atoms with Crippen LogP contribution < -0.4 is 5.32 Å². The SMILES string of the molecule is Fc1ccc(CNCC2OCCc3cn(Cc4ccccn4)nc32)cc1.O=C(O)C(F)(F)F.O=C(O)C(F)(F)F. The van der Waals surface area contributed by atoms with E-state index in [1.165, 1.54) is 17.7 Å². The highest BCUT2D eigenvalue weighted by molar-refractivity contribution is 5.73. The Kier molecular flexibility index (Phi) is 11.6. The van der Waals surface area contributed by atoms with Crippen molar-refractivity contribution in [2.24, 2.45) is 0 Å². The van der Waals surface area contributed by atoms with Crippen molar-refractivity contribution in [2.45, 2.75) is 38.0 Å². The van der Waals surface area contributed by atoms with Gasteiger partial charge in [-0.3, -0.25) is 9.67 Å². The molecule has 3 N–H and O–H groups in total. The third-order valence-corrected chi connectivity index (χ3v) is 4.97. The van der Waals surface area contributed by atoms with Gasteiger partial charge >= 0.3 is 24.3 Å². The predicted molar refractivity (Wildman–Crippen MR) is 123 cm³/mol. The topological polar surface area (TPSA) is 127 Å². The molecule has 0 saturated heterocycles. The van der Waals surface area contributed by atoms with E-state index in [0.717, 1.165) is 23.4 Å². The fraction of sp³-hybridized carbons (Fsp3) is 0.333. The van der Waals surface area contributed by atoms with Crippen LogP contribution in [0.4, 0.5) is 30.7 Å². The lowest BCUT2D eigenvalue weighted by molar-refractivity contribution is -0.193. The van der Waals surface area contributed by atoms with Crippen LogP contribution in [0.3, 0.4) is 0 Å². The number of pyridine rings is 1. The van der Waals surface area contributed by atoms with Crippen LogP contribution in [0, 0.1) is 5.82 Å². The predicted octanol–water partition coefficient (Wildman–Crippen LogP) is 4.14. The summed E-state index contributed by atoms with van der Waals surface area (Å²) < 4.78 is 84.3. The Morgan fingerprint density at radius 2 is 1.60 bits per heavy atom. The lowest BCUT2D eigenvalue weighted by Gasteiger charge is -2.22. The summed E-state index contributed by atoms with van der Waals surface area (Å²) in [5.74, 6) is -5.73. The maximum atomic E-state index is 13.0. The number of carbonyl (C=O) groups is 2. The molecule has 1 aliphatic rings. The number of hydrogen-bond donors (Lipinski definition) is 3. The summed E-state index contributed by atoms with van der Waals surface area (Å²) in [6, 6.07) is 12.4. The Bertz CT molecular complexity index is 1210. The van der Waals surface area contributed by atoms with Crippen molar-refractivity contribution in [2.75, 3.05) is 13.2 Å². The molecule has 1 aliphatic heterocycles. The molecule has 0 spiro atoms. The molecule has 0 bridgehead atoms. The first-order chi connectivity index (χ1) is 18.7. The summed E-state index contributed by atoms with van der Waals surface area (Å²) in [6.45, 7) is 2.70. The molecule has 0 amide bonds. The maximum Gasteiger partial charge on any atom is 0.490 e. The maximum absolute atomic E-state index is 13.0. The lowest BCUT2D eigenvalue weighted by Crippen LogP contribution is -2.27. The van der Waals surface area contributed by atoms with E-state index in [-0.39, 0.29) is 11.9 Å². The first-order valence-corrected chi connectivity index (χ1v) is 11.3. The molecule has 1 aromatic carbocycles. The van der Waals surface area contributed by atoms with Gasteiger partial charge in [0.25, 0.3) is 0 Å². The second kappa shape index (κ2) is 14.4. The molecule has 40 heavy (non-hydrogen) atoms. The molecule has 218 valence electrons. The van der Waals surface area contributed by atoms with Gasteiger partial charge in [0, 0.05) is 25.5 Å². The van der Waals surface area contributed by atoms with Crippen LogP contribution in [0.2, 0.25) is 0 Å². The zero-order valence-corrected chi connectivity index (χ0v) is 20.4. The van der Waals surface area contributed by atoms with Gasteiger partial charge < -0.3 is 20.3 Å². The van der Waals surface area contributed by atoms with Crippen molar-refractivity contribution in [1.82, 2.24) is 20.1 Å². The van der Waals surface area contributed by atoms with E-state index in [1.54, 1.807) is 18.3 Å². The van der Waals surface area contributed by atoms with Crippen LogP contribution in [0.5, 0.6) is 0 Å². The number of carboxylic acids is 2. The molecular formula is C24H23F7N4O5. The van der Waals surface area contributed by atoms with E-state index < -0.39 is 24.3 Å². The van der Waals surface area contributed by atoms with Crippen LogP contribution in [-0.2, 0) is 33.8 Å². The van der Waals surface area contributed by atoms with Gasteiger partial charge in [0.05, 0.1) is 24.5 Å². The van der Waals surface area contributed by atoms with E-state index in [2.05, 4.69) is 16.5 Å². The number of hydrogen-bond acceptors (Lipinski definition) is 6. The summed E-state index contributed by atoms with van der Waals surface area (Å²) >= 11 is 0. The highest BCUT2D eigenvalue weighted by Crippen LogP contribution is 2.25. The molecule has 3 aromatic rings. The van der Waals surface area contributed by atoms with Crippen LogP contribution in [0.1, 0.15) is 28.6 Å². The minimum absolute atomic E-state index is 0.0656. The fourth-order valence-electron chi connectivity index (χ4n) is 3.18. The van der Waals surface area contributed by atoms with Crippen molar-refractivity contribution in [1.29, 1.82) is 0 Å². The number of fused-ring (bicyclic) bond motifs is 1. The van der Waals surface area contributed by atoms with Gasteiger partial charge in [0.15, 0.2) is 0 Å². The molecule has 4 rings (SSSR count). The molecule has 0 aliphatic carbocycles. The molecule has 3 heterocycles. The number of nitrogens with one attached hydrogen (secondary N) is 1. The quantitative estimate of drug-likeness (QED) is 0.372. The van der Waals surface area contributed by atoms with Gasteiger partial charge in [-0.25, -0.2) is 14.0 Å². The fourth-order valence-corrected chi connectivity index (χ4v) is 3.18. The Morgan fingerprint density at radius 3 is 2.12 bits per heavy atom. The average molecular weight is 580 g/mol. The standard InChI is InChI=1S/C20H21FN4O.2C2HF3O2/c21-17-6-4-15(5-7-17)11-22-12-19-20-16(8-10-26-19)13-25(24-20)14-18-3-1-2-9-23-18;2*3-2(4,5)1(6)7/h1-7,9,13,19,22H,8,10-12,14H2;2*(H,6,7). The molecule has 9 nitrogen and oxygen atoms in total. The molecule has 0 fully saturated rings. The molecule has 16 heteroatoms. The van der Waals surface area contributed by atoms with Gasteiger partial charge in [0.1, 0.15) is 11.9 Å². The number of nitrogens with zero attached hydrogens (tertiary/aromatic N) is 3. The normalized spacial score (nSPS) is 14.6. The minimum atomic E-state index is -5.08. The number of ether oxygens (including phenoxy) is 1. The average Bonchev–Trinajstić information content (AvgIpc) is 3.29. The Labute approximate surface area is 222 Å². The summed E-state index contributed by atoms with van der Waals surface area (Å²) in [7, 11) is 0. The molecule has 2 aromatic heterocycles. The third-order valence-electron chi connectivity index (χ3n) is 4.97. The summed E-state index contributed by atoms with van der Waals surface area (Å²) in [6.07, 6.45) is -5.46. The van der Waals surface area contributed by atoms with Crippen molar-refractivity contribution >= 4 is 11.9 Å². The van der Waals surface area contributed by atoms with Gasteiger partial charge in [0.2, 0.25) is 0 Å². The van der Waals surface area contributed by atoms with Gasteiger partial charge in [-0.1, -0.05) is 18.2 Å². The van der Waals surface area contributed by atoms with Gasteiger partial charge in [-0.2, -0.15) is 31.4 Å². The van der Waals surface area contributed by atoms with Crippen molar-refractivity contribution in [3.63, 3.8) is 0 Å². The molecule has 1 unspecified atom stereocenters. The lowest BCUT2D eigenvalue weighted by atomic mass is 10.1. The van der Waals surface area contributed by atoms with E-state index in [4.69, 9.17) is 29.6 Å². The van der Waals surface area contributed by atoms with Gasteiger partial charge in [-0.15, -0.1) is 0 Å². The smallest absolute Gasteiger partial charge is 0.475 e. The molecule has 0 saturated carbocycles. The largest absolute Gasteiger partial charge is 0.490 e. The van der Waals surface area contributed by atoms with Crippen molar-refractivity contribution < 1.29 is 55.3 Å². The first kappa shape index (κ1) is 32.2. The van der Waals surface area contributed by atoms with Crippen molar-refractivity contribution in [3.05, 3.63) is 83.2 Å². The summed E-state index contributed by atoms with van der Waals surface area (Å²) in [5.41, 5.74) is 4.27. The number of alkyl halides is 6. The second-order valence-corrected chi connectivity index (χ2v) is 8.03. The van der Waals surface area contributed by atoms with Crippen LogP contribution >= 0.6 is 0 Å². The van der Waals surface area contributed by atoms with E-state index in [0.29, 0.717) is 26.2 Å². The number of aliphatic carboxylic acids is 2. The number of rotatable bonds is 6. The third kappa shape index (κ3) is 11.0. The zero-order valence-electron chi connectivity index (χ0n) is 20.4. The first-order valence-electron chi connectivity index (χ1n) is 11.3. The van der Waals surface area contributed by atoms with E-state index in [1.807, 2.05) is 22.9 Å². The summed E-state index contributed by atoms with van der Waals surface area (Å²) in [5, 5.41) is 22.4. The van der Waals surface area contributed by atoms with Crippen LogP contribution in [0.15, 0.2) is 54.9 Å². The highest BCUT2D eigenvalue weighted by Gasteiger charge is 2.38. The Hall–Kier alpha value is -4.05. The van der Waals surface area contributed by atoms with E-state index >= 15 is 0 Å². The number of halogens is 7. The second-order valence-electron chi connectivity index (χ2n) is 8.03. The van der Waals surface area contributed by atoms with E-state index in [9.17, 15) is 30.7 Å². The Balaban J connectivity index is 0.000000333. The molecule has 0 radical (unpaired) electrons. The zero-order chi connectivity index (χ0) is 29.9.